The second-order valence-corrected chi connectivity index (χ2v) is 8.33. The molecule has 0 saturated heterocycles. The second-order valence-electron chi connectivity index (χ2n) is 6.50. The molecule has 0 atom stereocenters. The molecular weight excluding hydrogens is 464 g/mol. The first kappa shape index (κ1) is 20.4. The van der Waals surface area contributed by atoms with Gasteiger partial charge in [-0.1, -0.05) is 53.8 Å². The number of nitrogens with zero attached hydrogens (tertiary/aromatic N) is 2. The van der Waals surface area contributed by atoms with Crippen LogP contribution >= 0.6 is 27.3 Å². The van der Waals surface area contributed by atoms with Gasteiger partial charge in [-0.15, -0.1) is 0 Å². The van der Waals surface area contributed by atoms with Crippen molar-refractivity contribution in [2.75, 3.05) is 19.1 Å². The van der Waals surface area contributed by atoms with Crippen LogP contribution in [0.3, 0.4) is 0 Å². The van der Waals surface area contributed by atoms with E-state index in [9.17, 15) is 4.79 Å². The minimum atomic E-state index is -0.136. The molecule has 7 heteroatoms. The monoisotopic (exact) mass is 482 g/mol. The summed E-state index contributed by atoms with van der Waals surface area (Å²) in [6.07, 6.45) is 0. The predicted molar refractivity (Wildman–Crippen MR) is 124 cm³/mol. The smallest absolute Gasteiger partial charge is 0.261 e. The van der Waals surface area contributed by atoms with Gasteiger partial charge in [-0.05, 0) is 45.8 Å². The lowest BCUT2D eigenvalue weighted by molar-refractivity contribution is 0.0984. The van der Waals surface area contributed by atoms with Gasteiger partial charge in [-0.25, -0.2) is 4.98 Å². The number of hydrogen-bond acceptors (Lipinski definition) is 5. The van der Waals surface area contributed by atoms with Gasteiger partial charge in [-0.2, -0.15) is 0 Å². The second kappa shape index (κ2) is 8.85. The number of anilines is 1. The summed E-state index contributed by atoms with van der Waals surface area (Å²) in [4.78, 5) is 20.0. The lowest BCUT2D eigenvalue weighted by atomic mass is 10.1. The first-order valence-electron chi connectivity index (χ1n) is 9.24. The van der Waals surface area contributed by atoms with Crippen LogP contribution in [0.4, 0.5) is 5.13 Å². The molecule has 152 valence electrons. The van der Waals surface area contributed by atoms with E-state index >= 15 is 0 Å². The number of methoxy groups -OCH3 is 2. The van der Waals surface area contributed by atoms with Gasteiger partial charge in [0.2, 0.25) is 0 Å². The summed E-state index contributed by atoms with van der Waals surface area (Å²) in [5.74, 6) is 1.20. The number of halogens is 1. The van der Waals surface area contributed by atoms with Gasteiger partial charge >= 0.3 is 0 Å². The summed E-state index contributed by atoms with van der Waals surface area (Å²) in [5, 5.41) is 0.581. The van der Waals surface area contributed by atoms with E-state index in [1.807, 2.05) is 60.7 Å². The fourth-order valence-corrected chi connectivity index (χ4v) is 4.69. The molecule has 0 radical (unpaired) electrons. The molecule has 30 heavy (non-hydrogen) atoms. The van der Waals surface area contributed by atoms with Crippen molar-refractivity contribution in [3.05, 3.63) is 82.3 Å². The average Bonchev–Trinajstić information content (AvgIpc) is 3.22. The molecule has 0 aliphatic carbocycles. The summed E-state index contributed by atoms with van der Waals surface area (Å²) < 4.78 is 12.6. The van der Waals surface area contributed by atoms with Gasteiger partial charge in [0.05, 0.1) is 26.3 Å². The quantitative estimate of drug-likeness (QED) is 0.342. The highest BCUT2D eigenvalue weighted by Gasteiger charge is 2.25. The van der Waals surface area contributed by atoms with Crippen molar-refractivity contribution in [2.24, 2.45) is 0 Å². The standard InChI is InChI=1S/C23H19BrN2O3S/c1-28-18-12-13-19(29-2)21-20(18)25-23(30-21)26(14-15-8-4-3-5-9-15)22(27)16-10-6-7-11-17(16)24/h3-13H,14H2,1-2H3. The van der Waals surface area contributed by atoms with Gasteiger partial charge in [-0.3, -0.25) is 9.69 Å². The predicted octanol–water partition coefficient (Wildman–Crippen LogP) is 5.92. The van der Waals surface area contributed by atoms with Crippen LogP contribution in [0.15, 0.2) is 71.2 Å². The number of fused-ring (bicyclic) bond motifs is 1. The topological polar surface area (TPSA) is 51.7 Å². The minimum absolute atomic E-state index is 0.136. The number of carbonyl (C=O) groups excluding carboxylic acids is 1. The molecule has 0 saturated carbocycles. The minimum Gasteiger partial charge on any atom is -0.495 e. The Hall–Kier alpha value is -2.90. The molecule has 0 aliphatic heterocycles. The van der Waals surface area contributed by atoms with E-state index in [1.165, 1.54) is 11.3 Å². The van der Waals surface area contributed by atoms with E-state index in [4.69, 9.17) is 14.5 Å². The normalized spacial score (nSPS) is 10.8. The zero-order valence-corrected chi connectivity index (χ0v) is 18.9. The molecule has 0 spiro atoms. The van der Waals surface area contributed by atoms with Crippen LogP contribution in [-0.2, 0) is 6.54 Å². The van der Waals surface area contributed by atoms with Gasteiger partial charge in [0, 0.05) is 4.47 Å². The number of carbonyl (C=O) groups is 1. The van der Waals surface area contributed by atoms with Crippen LogP contribution in [0.2, 0.25) is 0 Å². The highest BCUT2D eigenvalue weighted by molar-refractivity contribution is 9.10. The van der Waals surface area contributed by atoms with E-state index in [0.717, 1.165) is 14.7 Å². The van der Waals surface area contributed by atoms with E-state index in [0.29, 0.717) is 34.3 Å². The molecule has 1 amide bonds. The molecule has 0 unspecified atom stereocenters. The first-order chi connectivity index (χ1) is 14.6. The van der Waals surface area contributed by atoms with Crippen molar-refractivity contribution in [2.45, 2.75) is 6.54 Å². The molecule has 1 aromatic heterocycles. The number of thiazole rings is 1. The maximum Gasteiger partial charge on any atom is 0.261 e. The maximum absolute atomic E-state index is 13.6. The Morgan fingerprint density at radius 1 is 0.967 bits per heavy atom. The maximum atomic E-state index is 13.6. The van der Waals surface area contributed by atoms with Gasteiger partial charge < -0.3 is 9.47 Å². The number of ether oxygens (including phenoxy) is 2. The van der Waals surface area contributed by atoms with Crippen LogP contribution in [0.1, 0.15) is 15.9 Å². The Morgan fingerprint density at radius 2 is 1.63 bits per heavy atom. The van der Waals surface area contributed by atoms with Crippen LogP contribution in [0.5, 0.6) is 11.5 Å². The van der Waals surface area contributed by atoms with E-state index in [1.54, 1.807) is 25.2 Å². The summed E-state index contributed by atoms with van der Waals surface area (Å²) in [6, 6.07) is 20.9. The number of aromatic nitrogens is 1. The Bertz CT molecular complexity index is 1150. The SMILES string of the molecule is COc1ccc(OC)c2sc(N(Cc3ccccc3)C(=O)c3ccccc3Br)nc12. The Labute approximate surface area is 187 Å². The third-order valence-corrected chi connectivity index (χ3v) is 6.45. The highest BCUT2D eigenvalue weighted by atomic mass is 79.9. The molecule has 0 aliphatic rings. The van der Waals surface area contributed by atoms with Crippen LogP contribution in [0, 0.1) is 0 Å². The molecule has 0 bridgehead atoms. The van der Waals surface area contributed by atoms with Crippen molar-refractivity contribution in [1.82, 2.24) is 4.98 Å². The molecule has 4 aromatic rings. The fraction of sp³-hybridized carbons (Fsp3) is 0.130. The number of benzene rings is 3. The molecule has 1 heterocycles. The lowest BCUT2D eigenvalue weighted by Gasteiger charge is -2.20. The molecular formula is C23H19BrN2O3S. The zero-order chi connectivity index (χ0) is 21.1. The summed E-state index contributed by atoms with van der Waals surface area (Å²) in [5.41, 5.74) is 2.26. The largest absolute Gasteiger partial charge is 0.495 e. The number of hydrogen-bond donors (Lipinski definition) is 0. The van der Waals surface area contributed by atoms with Crippen molar-refractivity contribution >= 4 is 48.5 Å². The van der Waals surface area contributed by atoms with Crippen LogP contribution in [-0.4, -0.2) is 25.1 Å². The fourth-order valence-electron chi connectivity index (χ4n) is 3.16. The van der Waals surface area contributed by atoms with Gasteiger partial charge in [0.15, 0.2) is 5.13 Å². The molecule has 3 aromatic carbocycles. The van der Waals surface area contributed by atoms with E-state index in [2.05, 4.69) is 15.9 Å². The molecule has 4 rings (SSSR count). The summed E-state index contributed by atoms with van der Waals surface area (Å²) in [6.45, 7) is 0.394. The molecule has 0 fully saturated rings. The highest BCUT2D eigenvalue weighted by Crippen LogP contribution is 2.41. The van der Waals surface area contributed by atoms with E-state index in [-0.39, 0.29) is 5.91 Å². The molecule has 0 N–H and O–H groups in total. The number of rotatable bonds is 6. The average molecular weight is 483 g/mol. The Morgan fingerprint density at radius 3 is 2.33 bits per heavy atom. The van der Waals surface area contributed by atoms with Crippen molar-refractivity contribution in [1.29, 1.82) is 0 Å². The van der Waals surface area contributed by atoms with Crippen molar-refractivity contribution in [3.63, 3.8) is 0 Å². The summed E-state index contributed by atoms with van der Waals surface area (Å²) in [7, 11) is 3.23. The Kier molecular flexibility index (Phi) is 6.01. The van der Waals surface area contributed by atoms with Crippen molar-refractivity contribution in [3.8, 4) is 11.5 Å². The Balaban J connectivity index is 1.85. The van der Waals surface area contributed by atoms with E-state index < -0.39 is 0 Å². The third-order valence-electron chi connectivity index (χ3n) is 4.66. The van der Waals surface area contributed by atoms with Crippen LogP contribution < -0.4 is 14.4 Å². The molecule has 5 nitrogen and oxygen atoms in total. The first-order valence-corrected chi connectivity index (χ1v) is 10.8. The number of amides is 1. The van der Waals surface area contributed by atoms with Crippen molar-refractivity contribution < 1.29 is 14.3 Å². The lowest BCUT2D eigenvalue weighted by Crippen LogP contribution is -2.30. The summed E-state index contributed by atoms with van der Waals surface area (Å²) >= 11 is 4.91. The van der Waals surface area contributed by atoms with Gasteiger partial charge in [0.1, 0.15) is 21.7 Å². The van der Waals surface area contributed by atoms with Gasteiger partial charge in [0.25, 0.3) is 5.91 Å². The third kappa shape index (κ3) is 3.91. The van der Waals surface area contributed by atoms with Crippen LogP contribution in [0.25, 0.3) is 10.2 Å². The zero-order valence-electron chi connectivity index (χ0n) is 16.5.